The molecular weight excluding hydrogens is 270 g/mol. The fourth-order valence-electron chi connectivity index (χ4n) is 2.05. The van der Waals surface area contributed by atoms with Crippen molar-refractivity contribution in [1.29, 1.82) is 5.26 Å². The van der Waals surface area contributed by atoms with Crippen LogP contribution < -0.4 is 10.6 Å². The van der Waals surface area contributed by atoms with Gasteiger partial charge < -0.3 is 10.6 Å². The van der Waals surface area contributed by atoms with E-state index in [0.717, 1.165) is 18.8 Å². The van der Waals surface area contributed by atoms with Crippen LogP contribution in [0.1, 0.15) is 11.1 Å². The van der Waals surface area contributed by atoms with Gasteiger partial charge in [-0.25, -0.2) is 0 Å². The van der Waals surface area contributed by atoms with E-state index >= 15 is 0 Å². The van der Waals surface area contributed by atoms with Crippen molar-refractivity contribution in [3.05, 3.63) is 64.7 Å². The van der Waals surface area contributed by atoms with E-state index in [1.165, 1.54) is 5.56 Å². The Morgan fingerprint density at radius 1 is 1.15 bits per heavy atom. The topological polar surface area (TPSA) is 53.0 Å². The molecule has 0 radical (unpaired) electrons. The van der Waals surface area contributed by atoms with Gasteiger partial charge in [-0.1, -0.05) is 41.9 Å². The Kier molecular flexibility index (Phi) is 5.00. The van der Waals surface area contributed by atoms with Gasteiger partial charge in [0, 0.05) is 25.3 Å². The molecule has 102 valence electrons. The highest BCUT2D eigenvalue weighted by Gasteiger charge is 2.09. The van der Waals surface area contributed by atoms with Crippen molar-refractivity contribution in [3.8, 4) is 6.07 Å². The van der Waals surface area contributed by atoms with E-state index < -0.39 is 0 Å². The Hall–Kier alpha value is -2.02. The average Bonchev–Trinajstić information content (AvgIpc) is 2.48. The molecule has 4 heteroatoms. The molecule has 0 spiro atoms. The van der Waals surface area contributed by atoms with Gasteiger partial charge in [-0.05, 0) is 23.8 Å². The van der Waals surface area contributed by atoms with Crippen LogP contribution in [0.5, 0.6) is 0 Å². The van der Waals surface area contributed by atoms with Crippen LogP contribution in [-0.4, -0.2) is 13.1 Å². The normalized spacial score (nSPS) is 10.1. The average molecular weight is 286 g/mol. The van der Waals surface area contributed by atoms with Crippen LogP contribution in [0.15, 0.2) is 48.5 Å². The van der Waals surface area contributed by atoms with Gasteiger partial charge in [-0.15, -0.1) is 0 Å². The molecule has 2 rings (SSSR count). The minimum atomic E-state index is 0.472. The quantitative estimate of drug-likeness (QED) is 0.918. The predicted molar refractivity (Wildman–Crippen MR) is 82.7 cm³/mol. The molecule has 0 saturated heterocycles. The molecule has 0 aliphatic carbocycles. The van der Waals surface area contributed by atoms with Gasteiger partial charge in [0.05, 0.1) is 10.6 Å². The van der Waals surface area contributed by atoms with Crippen LogP contribution in [0.25, 0.3) is 0 Å². The third kappa shape index (κ3) is 3.51. The van der Waals surface area contributed by atoms with Crippen LogP contribution in [0.2, 0.25) is 5.02 Å². The first-order valence-corrected chi connectivity index (χ1v) is 6.81. The molecule has 0 bridgehead atoms. The van der Waals surface area contributed by atoms with Crippen molar-refractivity contribution in [3.63, 3.8) is 0 Å². The van der Waals surface area contributed by atoms with Crippen LogP contribution in [0.3, 0.4) is 0 Å². The largest absolute Gasteiger partial charge is 0.366 e. The first-order chi connectivity index (χ1) is 9.74. The highest BCUT2D eigenvalue weighted by Crippen LogP contribution is 2.24. The summed E-state index contributed by atoms with van der Waals surface area (Å²) in [7, 11) is 0. The van der Waals surface area contributed by atoms with Gasteiger partial charge in [-0.3, -0.25) is 0 Å². The molecule has 20 heavy (non-hydrogen) atoms. The summed E-state index contributed by atoms with van der Waals surface area (Å²) in [5, 5.41) is 9.39. The maximum absolute atomic E-state index is 8.92. The fraction of sp³-hybridized carbons (Fsp3) is 0.188. The zero-order chi connectivity index (χ0) is 14.4. The lowest BCUT2D eigenvalue weighted by Gasteiger charge is -2.24. The molecule has 0 unspecified atom stereocenters. The Morgan fingerprint density at radius 3 is 2.50 bits per heavy atom. The number of hydrogen-bond donors (Lipinski definition) is 1. The predicted octanol–water partition coefficient (Wildman–Crippen LogP) is 3.18. The van der Waals surface area contributed by atoms with Gasteiger partial charge in [0.25, 0.3) is 0 Å². The van der Waals surface area contributed by atoms with E-state index in [2.05, 4.69) is 23.1 Å². The van der Waals surface area contributed by atoms with Crippen LogP contribution >= 0.6 is 11.6 Å². The molecule has 0 atom stereocenters. The Bertz CT molecular complexity index is 605. The molecule has 0 aromatic heterocycles. The summed E-state index contributed by atoms with van der Waals surface area (Å²) in [4.78, 5) is 2.16. The second-order valence-electron chi connectivity index (χ2n) is 4.47. The van der Waals surface area contributed by atoms with Gasteiger partial charge in [-0.2, -0.15) is 5.26 Å². The molecule has 3 nitrogen and oxygen atoms in total. The number of anilines is 1. The van der Waals surface area contributed by atoms with E-state index in [4.69, 9.17) is 22.6 Å². The molecule has 2 N–H and O–H groups in total. The molecular formula is C16H16ClN3. The SMILES string of the molecule is N#Cc1ccc(N(CCN)Cc2ccccc2)cc1Cl. The second kappa shape index (κ2) is 6.95. The first-order valence-electron chi connectivity index (χ1n) is 6.43. The molecule has 0 amide bonds. The van der Waals surface area contributed by atoms with Crippen molar-refractivity contribution >= 4 is 17.3 Å². The minimum Gasteiger partial charge on any atom is -0.366 e. The maximum atomic E-state index is 8.92. The third-order valence-corrected chi connectivity index (χ3v) is 3.37. The van der Waals surface area contributed by atoms with Crippen molar-refractivity contribution in [1.82, 2.24) is 0 Å². The monoisotopic (exact) mass is 285 g/mol. The molecule has 2 aromatic rings. The summed E-state index contributed by atoms with van der Waals surface area (Å²) in [6.45, 7) is 2.06. The summed E-state index contributed by atoms with van der Waals surface area (Å²) in [6, 6.07) is 17.7. The van der Waals surface area contributed by atoms with Crippen LogP contribution in [-0.2, 0) is 6.54 Å². The highest BCUT2D eigenvalue weighted by molar-refractivity contribution is 6.32. The van der Waals surface area contributed by atoms with E-state index in [0.29, 0.717) is 17.1 Å². The summed E-state index contributed by atoms with van der Waals surface area (Å²) in [5.41, 5.74) is 8.36. The lowest BCUT2D eigenvalue weighted by Crippen LogP contribution is -2.28. The Labute approximate surface area is 124 Å². The van der Waals surface area contributed by atoms with E-state index in [9.17, 15) is 0 Å². The first kappa shape index (κ1) is 14.4. The van der Waals surface area contributed by atoms with Crippen molar-refractivity contribution < 1.29 is 0 Å². The van der Waals surface area contributed by atoms with E-state index in [-0.39, 0.29) is 0 Å². The van der Waals surface area contributed by atoms with Gasteiger partial charge in [0.2, 0.25) is 0 Å². The van der Waals surface area contributed by atoms with E-state index in [1.807, 2.05) is 30.3 Å². The smallest absolute Gasteiger partial charge is 0.101 e. The van der Waals surface area contributed by atoms with Gasteiger partial charge in [0.15, 0.2) is 0 Å². The number of rotatable bonds is 5. The lowest BCUT2D eigenvalue weighted by molar-refractivity contribution is 0.790. The number of nitrogens with two attached hydrogens (primary N) is 1. The molecule has 0 fully saturated rings. The van der Waals surface area contributed by atoms with Crippen molar-refractivity contribution in [2.75, 3.05) is 18.0 Å². The molecule has 0 saturated carbocycles. The summed E-state index contributed by atoms with van der Waals surface area (Å²) < 4.78 is 0. The number of hydrogen-bond acceptors (Lipinski definition) is 3. The van der Waals surface area contributed by atoms with Crippen LogP contribution in [0.4, 0.5) is 5.69 Å². The number of nitrogens with zero attached hydrogens (tertiary/aromatic N) is 2. The second-order valence-corrected chi connectivity index (χ2v) is 4.88. The van der Waals surface area contributed by atoms with Gasteiger partial charge >= 0.3 is 0 Å². The molecule has 0 aliphatic heterocycles. The Morgan fingerprint density at radius 2 is 1.90 bits per heavy atom. The fourth-order valence-corrected chi connectivity index (χ4v) is 2.27. The molecule has 0 heterocycles. The minimum absolute atomic E-state index is 0.472. The zero-order valence-corrected chi connectivity index (χ0v) is 11.8. The van der Waals surface area contributed by atoms with Crippen molar-refractivity contribution in [2.45, 2.75) is 6.54 Å². The summed E-state index contributed by atoms with van der Waals surface area (Å²) in [5.74, 6) is 0. The summed E-state index contributed by atoms with van der Waals surface area (Å²) >= 11 is 6.10. The zero-order valence-electron chi connectivity index (χ0n) is 11.1. The third-order valence-electron chi connectivity index (χ3n) is 3.05. The Balaban J connectivity index is 2.24. The van der Waals surface area contributed by atoms with E-state index in [1.54, 1.807) is 6.07 Å². The standard InChI is InChI=1S/C16H16ClN3/c17-16-10-15(7-6-14(16)11-19)20(9-8-18)12-13-4-2-1-3-5-13/h1-7,10H,8-9,12,18H2. The number of benzene rings is 2. The highest BCUT2D eigenvalue weighted by atomic mass is 35.5. The number of halogens is 1. The molecule has 0 aliphatic rings. The summed E-state index contributed by atoms with van der Waals surface area (Å²) in [6.07, 6.45) is 0. The van der Waals surface area contributed by atoms with Gasteiger partial charge in [0.1, 0.15) is 6.07 Å². The van der Waals surface area contributed by atoms with Crippen LogP contribution in [0, 0.1) is 11.3 Å². The maximum Gasteiger partial charge on any atom is 0.101 e. The lowest BCUT2D eigenvalue weighted by atomic mass is 10.1. The molecule has 2 aromatic carbocycles. The van der Waals surface area contributed by atoms with Crippen molar-refractivity contribution in [2.24, 2.45) is 5.73 Å². The number of nitriles is 1.